The third-order valence-corrected chi connectivity index (χ3v) is 2.82. The smallest absolute Gasteiger partial charge is 0.239 e. The molecule has 1 aromatic rings. The van der Waals surface area contributed by atoms with Gasteiger partial charge in [-0.1, -0.05) is 0 Å². The van der Waals surface area contributed by atoms with Crippen LogP contribution in [-0.4, -0.2) is 34.4 Å². The molecule has 5 nitrogen and oxygen atoms in total. The van der Waals surface area contributed by atoms with Crippen molar-refractivity contribution in [2.45, 2.75) is 33.7 Å². The summed E-state index contributed by atoms with van der Waals surface area (Å²) in [5, 5.41) is 3.66. The van der Waals surface area contributed by atoms with E-state index in [-0.39, 0.29) is 11.9 Å². The summed E-state index contributed by atoms with van der Waals surface area (Å²) in [7, 11) is 0. The van der Waals surface area contributed by atoms with E-state index in [1.54, 1.807) is 0 Å². The van der Waals surface area contributed by atoms with Crippen LogP contribution in [0.3, 0.4) is 0 Å². The van der Waals surface area contributed by atoms with Gasteiger partial charge in [-0.3, -0.25) is 4.79 Å². The molecule has 0 radical (unpaired) electrons. The van der Waals surface area contributed by atoms with E-state index in [1.165, 1.54) is 11.5 Å². The summed E-state index contributed by atoms with van der Waals surface area (Å²) >= 11 is 1.33. The zero-order chi connectivity index (χ0) is 12.1. The minimum absolute atomic E-state index is 0.0182. The highest BCUT2D eigenvalue weighted by Gasteiger charge is 2.13. The third kappa shape index (κ3) is 3.77. The van der Waals surface area contributed by atoms with Crippen LogP contribution in [0.25, 0.3) is 0 Å². The first-order valence-corrected chi connectivity index (χ1v) is 6.15. The van der Waals surface area contributed by atoms with Gasteiger partial charge in [-0.2, -0.15) is 4.37 Å². The fraction of sp³-hybridized carbons (Fsp3) is 0.700. The summed E-state index contributed by atoms with van der Waals surface area (Å²) in [6.07, 6.45) is 0. The summed E-state index contributed by atoms with van der Waals surface area (Å²) in [6.45, 7) is 8.83. The van der Waals surface area contributed by atoms with E-state index in [9.17, 15) is 4.79 Å². The van der Waals surface area contributed by atoms with Crippen LogP contribution in [0.2, 0.25) is 0 Å². The Kier molecular flexibility index (Phi) is 4.67. The number of amides is 1. The Morgan fingerprint density at radius 1 is 1.56 bits per heavy atom. The van der Waals surface area contributed by atoms with Gasteiger partial charge in [0.2, 0.25) is 11.0 Å². The first-order chi connectivity index (χ1) is 7.52. The number of rotatable bonds is 5. The van der Waals surface area contributed by atoms with E-state index in [0.717, 1.165) is 17.5 Å². The van der Waals surface area contributed by atoms with Crippen molar-refractivity contribution in [3.63, 3.8) is 0 Å². The Morgan fingerprint density at radius 3 is 2.69 bits per heavy atom. The normalized spacial score (nSPS) is 10.6. The minimum atomic E-state index is 0.0182. The predicted molar refractivity (Wildman–Crippen MR) is 65.8 cm³/mol. The highest BCUT2D eigenvalue weighted by Crippen LogP contribution is 2.15. The Hall–Kier alpha value is -1.17. The molecule has 1 rings (SSSR count). The van der Waals surface area contributed by atoms with Crippen LogP contribution in [0.5, 0.6) is 0 Å². The first kappa shape index (κ1) is 12.9. The number of likely N-dealkylation sites (N-methyl/N-ethyl adjacent to an activating group) is 1. The molecule has 0 aliphatic heterocycles. The van der Waals surface area contributed by atoms with Crippen molar-refractivity contribution in [2.24, 2.45) is 0 Å². The van der Waals surface area contributed by atoms with Gasteiger partial charge in [0.1, 0.15) is 5.82 Å². The van der Waals surface area contributed by atoms with E-state index < -0.39 is 0 Å². The lowest BCUT2D eigenvalue weighted by Crippen LogP contribution is -2.40. The van der Waals surface area contributed by atoms with Crippen molar-refractivity contribution in [3.8, 4) is 0 Å². The summed E-state index contributed by atoms with van der Waals surface area (Å²) < 4.78 is 4.11. The van der Waals surface area contributed by atoms with E-state index >= 15 is 0 Å². The van der Waals surface area contributed by atoms with Crippen LogP contribution in [0.4, 0.5) is 5.13 Å². The SMILES string of the molecule is CCN(CC(=O)NC(C)C)c1nc(C)ns1. The predicted octanol–water partition coefficient (Wildman–Crippen LogP) is 1.20. The summed E-state index contributed by atoms with van der Waals surface area (Å²) in [4.78, 5) is 17.8. The first-order valence-electron chi connectivity index (χ1n) is 5.37. The molecular formula is C10H18N4OS. The molecule has 0 atom stereocenters. The van der Waals surface area contributed by atoms with Gasteiger partial charge in [-0.05, 0) is 27.7 Å². The monoisotopic (exact) mass is 242 g/mol. The number of nitrogens with zero attached hydrogens (tertiary/aromatic N) is 3. The molecule has 0 spiro atoms. The van der Waals surface area contributed by atoms with Crippen LogP contribution in [-0.2, 0) is 4.79 Å². The average Bonchev–Trinajstić information content (AvgIpc) is 2.60. The van der Waals surface area contributed by atoms with Gasteiger partial charge in [-0.15, -0.1) is 0 Å². The molecule has 0 aliphatic rings. The minimum Gasteiger partial charge on any atom is -0.352 e. The molecule has 16 heavy (non-hydrogen) atoms. The number of anilines is 1. The van der Waals surface area contributed by atoms with Crippen molar-refractivity contribution in [1.82, 2.24) is 14.7 Å². The van der Waals surface area contributed by atoms with Crippen LogP contribution in [0, 0.1) is 6.92 Å². The van der Waals surface area contributed by atoms with E-state index in [2.05, 4.69) is 14.7 Å². The topological polar surface area (TPSA) is 58.1 Å². The Labute approximate surface area is 100 Å². The summed E-state index contributed by atoms with van der Waals surface area (Å²) in [5.74, 6) is 0.771. The Balaban J connectivity index is 2.59. The maximum Gasteiger partial charge on any atom is 0.239 e. The maximum absolute atomic E-state index is 11.6. The second-order valence-corrected chi connectivity index (χ2v) is 4.59. The third-order valence-electron chi connectivity index (χ3n) is 1.95. The van der Waals surface area contributed by atoms with Crippen molar-refractivity contribution in [3.05, 3.63) is 5.82 Å². The Morgan fingerprint density at radius 2 is 2.25 bits per heavy atom. The lowest BCUT2D eigenvalue weighted by Gasteiger charge is -2.19. The van der Waals surface area contributed by atoms with Crippen molar-refractivity contribution < 1.29 is 4.79 Å². The molecule has 0 fully saturated rings. The fourth-order valence-corrected chi connectivity index (χ4v) is 2.01. The van der Waals surface area contributed by atoms with Gasteiger partial charge in [0, 0.05) is 24.1 Å². The molecule has 1 heterocycles. The number of carbonyl (C=O) groups is 1. The van der Waals surface area contributed by atoms with Gasteiger partial charge >= 0.3 is 0 Å². The van der Waals surface area contributed by atoms with Crippen LogP contribution >= 0.6 is 11.5 Å². The fourth-order valence-electron chi connectivity index (χ4n) is 1.27. The molecule has 90 valence electrons. The maximum atomic E-state index is 11.6. The molecular weight excluding hydrogens is 224 g/mol. The summed E-state index contributed by atoms with van der Waals surface area (Å²) in [6, 6.07) is 0.169. The zero-order valence-electron chi connectivity index (χ0n) is 10.1. The second-order valence-electron chi connectivity index (χ2n) is 3.86. The van der Waals surface area contributed by atoms with Gasteiger partial charge in [-0.25, -0.2) is 4.98 Å². The van der Waals surface area contributed by atoms with Gasteiger partial charge in [0.05, 0.1) is 6.54 Å². The van der Waals surface area contributed by atoms with E-state index in [1.807, 2.05) is 32.6 Å². The molecule has 0 aromatic carbocycles. The van der Waals surface area contributed by atoms with E-state index in [4.69, 9.17) is 0 Å². The highest BCUT2D eigenvalue weighted by atomic mass is 32.1. The lowest BCUT2D eigenvalue weighted by molar-refractivity contribution is -0.120. The van der Waals surface area contributed by atoms with Gasteiger partial charge < -0.3 is 10.2 Å². The molecule has 0 saturated heterocycles. The van der Waals surface area contributed by atoms with Crippen molar-refractivity contribution >= 4 is 22.6 Å². The second kappa shape index (κ2) is 5.79. The van der Waals surface area contributed by atoms with Crippen molar-refractivity contribution in [1.29, 1.82) is 0 Å². The number of hydrogen-bond donors (Lipinski definition) is 1. The highest BCUT2D eigenvalue weighted by molar-refractivity contribution is 7.09. The number of carbonyl (C=O) groups excluding carboxylic acids is 1. The molecule has 0 aliphatic carbocycles. The molecule has 0 saturated carbocycles. The standard InChI is InChI=1S/C10H18N4OS/c1-5-14(6-9(15)11-7(2)3)10-12-8(4)13-16-10/h7H,5-6H2,1-4H3,(H,11,15). The quantitative estimate of drug-likeness (QED) is 0.843. The molecule has 6 heteroatoms. The Bertz CT molecular complexity index is 350. The molecule has 1 N–H and O–H groups in total. The zero-order valence-corrected chi connectivity index (χ0v) is 11.0. The number of aromatic nitrogens is 2. The van der Waals surface area contributed by atoms with Crippen LogP contribution < -0.4 is 10.2 Å². The van der Waals surface area contributed by atoms with Crippen LogP contribution in [0.15, 0.2) is 0 Å². The van der Waals surface area contributed by atoms with Gasteiger partial charge in [0.15, 0.2) is 0 Å². The van der Waals surface area contributed by atoms with Crippen molar-refractivity contribution in [2.75, 3.05) is 18.0 Å². The number of aryl methyl sites for hydroxylation is 1. The summed E-state index contributed by atoms with van der Waals surface area (Å²) in [5.41, 5.74) is 0. The molecule has 0 bridgehead atoms. The molecule has 1 aromatic heterocycles. The lowest BCUT2D eigenvalue weighted by atomic mass is 10.4. The van der Waals surface area contributed by atoms with Gasteiger partial charge in [0.25, 0.3) is 0 Å². The van der Waals surface area contributed by atoms with E-state index in [0.29, 0.717) is 6.54 Å². The number of nitrogens with one attached hydrogen (secondary N) is 1. The largest absolute Gasteiger partial charge is 0.352 e. The number of hydrogen-bond acceptors (Lipinski definition) is 5. The van der Waals surface area contributed by atoms with Crippen LogP contribution in [0.1, 0.15) is 26.6 Å². The average molecular weight is 242 g/mol. The molecule has 1 amide bonds. The molecule has 0 unspecified atom stereocenters.